The lowest BCUT2D eigenvalue weighted by molar-refractivity contribution is -0.118. The molecule has 2 N–H and O–H groups in total. The Morgan fingerprint density at radius 1 is 1.20 bits per heavy atom. The van der Waals surface area contributed by atoms with Crippen LogP contribution in [0, 0.1) is 17.1 Å². The van der Waals surface area contributed by atoms with Gasteiger partial charge in [-0.1, -0.05) is 24.3 Å². The monoisotopic (exact) mass is 491 g/mol. The summed E-state index contributed by atoms with van der Waals surface area (Å²) in [6.07, 6.45) is 4.04. The molecule has 0 saturated carbocycles. The van der Waals surface area contributed by atoms with Gasteiger partial charge in [-0.15, -0.1) is 12.4 Å². The van der Waals surface area contributed by atoms with Crippen molar-refractivity contribution in [2.24, 2.45) is 0 Å². The van der Waals surface area contributed by atoms with E-state index in [0.29, 0.717) is 26.1 Å². The second-order valence-electron chi connectivity index (χ2n) is 8.33. The molecule has 0 spiro atoms. The predicted octanol–water partition coefficient (Wildman–Crippen LogP) is 4.12. The number of fused-ring (bicyclic) bond motifs is 1. The molecular weight excluding hydrogens is 469 g/mol. The van der Waals surface area contributed by atoms with Crippen LogP contribution >= 0.6 is 12.4 Å². The van der Waals surface area contributed by atoms with Gasteiger partial charge in [0.2, 0.25) is 5.91 Å². The molecule has 1 amide bonds. The van der Waals surface area contributed by atoms with E-state index >= 15 is 0 Å². The Morgan fingerprint density at radius 3 is 2.86 bits per heavy atom. The zero-order valence-electron chi connectivity index (χ0n) is 18.7. The first kappa shape index (κ1) is 24.2. The fourth-order valence-electron chi connectivity index (χ4n) is 4.40. The van der Waals surface area contributed by atoms with Gasteiger partial charge in [-0.3, -0.25) is 4.79 Å². The number of anilines is 1. The normalized spacial score (nSPS) is 15.3. The van der Waals surface area contributed by atoms with E-state index in [-0.39, 0.29) is 35.7 Å². The van der Waals surface area contributed by atoms with Crippen LogP contribution in [0.15, 0.2) is 67.1 Å². The third kappa shape index (κ3) is 4.83. The van der Waals surface area contributed by atoms with Crippen LogP contribution < -0.4 is 10.2 Å². The minimum absolute atomic E-state index is 0. The maximum atomic E-state index is 14.0. The van der Waals surface area contributed by atoms with Crippen LogP contribution in [0.2, 0.25) is 0 Å². The number of rotatable bonds is 6. The fraction of sp³-hybridized carbons (Fsp3) is 0.192. The topological polar surface area (TPSA) is 94.2 Å². The zero-order chi connectivity index (χ0) is 23.7. The molecule has 178 valence electrons. The van der Waals surface area contributed by atoms with Gasteiger partial charge in [0, 0.05) is 31.2 Å². The van der Waals surface area contributed by atoms with Gasteiger partial charge in [0.1, 0.15) is 17.6 Å². The van der Waals surface area contributed by atoms with Crippen molar-refractivity contribution in [3.8, 4) is 11.8 Å². The van der Waals surface area contributed by atoms with Gasteiger partial charge < -0.3 is 19.9 Å². The molecule has 0 aliphatic carbocycles. The highest BCUT2D eigenvalue weighted by atomic mass is 35.5. The number of amides is 1. The number of hydrogen-bond donors (Lipinski definition) is 2. The summed E-state index contributed by atoms with van der Waals surface area (Å²) in [5.41, 5.74) is 2.39. The smallest absolute Gasteiger partial charge is 0.244 e. The summed E-state index contributed by atoms with van der Waals surface area (Å²) < 4.78 is 15.8. The maximum Gasteiger partial charge on any atom is 0.244 e. The average Bonchev–Trinajstić information content (AvgIpc) is 3.43. The molecule has 35 heavy (non-hydrogen) atoms. The van der Waals surface area contributed by atoms with Crippen molar-refractivity contribution in [2.75, 3.05) is 11.4 Å². The third-order valence-corrected chi connectivity index (χ3v) is 6.17. The summed E-state index contributed by atoms with van der Waals surface area (Å²) >= 11 is 0. The van der Waals surface area contributed by atoms with E-state index in [0.717, 1.165) is 27.7 Å². The van der Waals surface area contributed by atoms with Crippen LogP contribution in [0.4, 0.5) is 10.1 Å². The van der Waals surface area contributed by atoms with Crippen LogP contribution in [-0.4, -0.2) is 33.2 Å². The first-order valence-electron chi connectivity index (χ1n) is 11.0. The van der Waals surface area contributed by atoms with Crippen LogP contribution in [0.1, 0.15) is 23.2 Å². The second-order valence-corrected chi connectivity index (χ2v) is 8.33. The van der Waals surface area contributed by atoms with Gasteiger partial charge in [0.05, 0.1) is 29.3 Å². The second kappa shape index (κ2) is 10.1. The number of aromatic nitrogens is 2. The van der Waals surface area contributed by atoms with Crippen LogP contribution in [0.5, 0.6) is 5.75 Å². The van der Waals surface area contributed by atoms with E-state index in [2.05, 4.69) is 10.3 Å². The van der Waals surface area contributed by atoms with Crippen LogP contribution in [0.25, 0.3) is 10.8 Å². The molecule has 7 nitrogen and oxygen atoms in total. The number of nitriles is 1. The van der Waals surface area contributed by atoms with Crippen molar-refractivity contribution >= 4 is 34.8 Å². The maximum absolute atomic E-state index is 14.0. The number of nitrogens with one attached hydrogen (secondary N) is 1. The fourth-order valence-corrected chi connectivity index (χ4v) is 4.40. The van der Waals surface area contributed by atoms with Gasteiger partial charge >= 0.3 is 0 Å². The van der Waals surface area contributed by atoms with Crippen LogP contribution in [0.3, 0.4) is 0 Å². The van der Waals surface area contributed by atoms with E-state index in [9.17, 15) is 14.3 Å². The lowest BCUT2D eigenvalue weighted by Gasteiger charge is -2.19. The number of benzene rings is 3. The van der Waals surface area contributed by atoms with E-state index in [1.165, 1.54) is 12.1 Å². The highest BCUT2D eigenvalue weighted by Gasteiger charge is 2.33. The highest BCUT2D eigenvalue weighted by Crippen LogP contribution is 2.32. The molecule has 1 aliphatic heterocycles. The summed E-state index contributed by atoms with van der Waals surface area (Å²) in [7, 11) is 0. The first-order chi connectivity index (χ1) is 16.5. The lowest BCUT2D eigenvalue weighted by atomic mass is 10.1. The van der Waals surface area contributed by atoms with E-state index in [1.807, 2.05) is 34.9 Å². The van der Waals surface area contributed by atoms with Crippen molar-refractivity contribution in [1.82, 2.24) is 14.9 Å². The number of carbonyl (C=O) groups is 1. The molecule has 0 radical (unpaired) electrons. The Bertz CT molecular complexity index is 1430. The largest absolute Gasteiger partial charge is 0.508 e. The molecule has 0 bridgehead atoms. The Hall–Kier alpha value is -3.93. The predicted molar refractivity (Wildman–Crippen MR) is 133 cm³/mol. The van der Waals surface area contributed by atoms with Crippen molar-refractivity contribution in [2.45, 2.75) is 25.6 Å². The molecule has 1 saturated heterocycles. The van der Waals surface area contributed by atoms with E-state index in [1.54, 1.807) is 35.6 Å². The van der Waals surface area contributed by atoms with Crippen molar-refractivity contribution in [3.05, 3.63) is 89.8 Å². The molecule has 1 aliphatic rings. The Kier molecular flexibility index (Phi) is 7.01. The summed E-state index contributed by atoms with van der Waals surface area (Å²) in [6.45, 7) is 1.41. The zero-order valence-corrected chi connectivity index (χ0v) is 19.5. The van der Waals surface area contributed by atoms with Gasteiger partial charge in [-0.25, -0.2) is 9.37 Å². The van der Waals surface area contributed by atoms with Gasteiger partial charge in [-0.2, -0.15) is 5.26 Å². The van der Waals surface area contributed by atoms with Crippen molar-refractivity contribution in [1.29, 1.82) is 5.26 Å². The summed E-state index contributed by atoms with van der Waals surface area (Å²) in [6, 6.07) is 16.9. The molecule has 1 fully saturated rings. The summed E-state index contributed by atoms with van der Waals surface area (Å²) in [4.78, 5) is 19.1. The highest BCUT2D eigenvalue weighted by molar-refractivity contribution is 6.07. The minimum Gasteiger partial charge on any atom is -0.508 e. The quantitative estimate of drug-likeness (QED) is 0.423. The first-order valence-corrected chi connectivity index (χ1v) is 11.0. The number of phenols is 1. The number of nitrogens with zero attached hydrogens (tertiary/aromatic N) is 4. The van der Waals surface area contributed by atoms with Gasteiger partial charge in [0.15, 0.2) is 0 Å². The minimum atomic E-state index is -0.543. The molecule has 3 aromatic carbocycles. The van der Waals surface area contributed by atoms with Crippen LogP contribution in [-0.2, 0) is 17.9 Å². The molecule has 9 heteroatoms. The number of halogens is 2. The SMILES string of the molecule is Cl.N#Cc1ccc(Cn2cncc2CN[C@H]2CCN(c3cccc4ccc(O)cc34)C2=O)cc1F. The third-order valence-electron chi connectivity index (χ3n) is 6.17. The Morgan fingerprint density at radius 2 is 2.06 bits per heavy atom. The Balaban J connectivity index is 0.00000289. The standard InChI is InChI=1S/C26H22FN5O2.ClH/c27-23-10-17(4-5-19(23)12-28)15-31-16-29-13-20(31)14-30-24-8-9-32(26(24)34)25-3-1-2-18-6-7-21(33)11-22(18)25;/h1-7,10-11,13,16,24,30,33H,8-9,14-15H2;1H/t24-;/m0./s1. The molecular formula is C26H23ClFN5O2. The van der Waals surface area contributed by atoms with Gasteiger partial charge in [-0.05, 0) is 47.7 Å². The average molecular weight is 492 g/mol. The number of carbonyl (C=O) groups excluding carboxylic acids is 1. The van der Waals surface area contributed by atoms with E-state index < -0.39 is 5.82 Å². The molecule has 2 heterocycles. The van der Waals surface area contributed by atoms with E-state index in [4.69, 9.17) is 5.26 Å². The number of hydrogen-bond acceptors (Lipinski definition) is 5. The molecule has 4 aromatic rings. The summed E-state index contributed by atoms with van der Waals surface area (Å²) in [5.74, 6) is -0.397. The number of phenolic OH excluding ortho intramolecular Hbond substituents is 1. The summed E-state index contributed by atoms with van der Waals surface area (Å²) in [5, 5.41) is 24.0. The van der Waals surface area contributed by atoms with Crippen molar-refractivity contribution < 1.29 is 14.3 Å². The Labute approximate surface area is 207 Å². The molecule has 1 aromatic heterocycles. The lowest BCUT2D eigenvalue weighted by Crippen LogP contribution is -2.38. The van der Waals surface area contributed by atoms with Crippen molar-refractivity contribution in [3.63, 3.8) is 0 Å². The number of aromatic hydroxyl groups is 1. The van der Waals surface area contributed by atoms with Gasteiger partial charge in [0.25, 0.3) is 0 Å². The molecule has 5 rings (SSSR count). The number of imidazole rings is 1. The molecule has 0 unspecified atom stereocenters. The molecule has 1 atom stereocenters.